The molecule has 0 spiro atoms. The Morgan fingerprint density at radius 3 is 2.33 bits per heavy atom. The van der Waals surface area contributed by atoms with Crippen LogP contribution >= 0.6 is 0 Å². The average molecular weight is 394 g/mol. The first-order valence-electron chi connectivity index (χ1n) is 8.43. The molecule has 1 amide bonds. The molecule has 0 saturated carbocycles. The Balaban J connectivity index is 2.22. The summed E-state index contributed by atoms with van der Waals surface area (Å²) in [5, 5.41) is 2.73. The Bertz CT molecular complexity index is 842. The van der Waals surface area contributed by atoms with Crippen molar-refractivity contribution < 1.29 is 22.3 Å². The van der Waals surface area contributed by atoms with Crippen LogP contribution < -0.4 is 10.0 Å². The summed E-state index contributed by atoms with van der Waals surface area (Å²) in [6, 6.07) is 12.2. The van der Waals surface area contributed by atoms with Gasteiger partial charge < -0.3 is 10.1 Å². The van der Waals surface area contributed by atoms with Crippen LogP contribution in [-0.4, -0.2) is 40.1 Å². The smallest absolute Gasteiger partial charge is 0.241 e. The zero-order chi connectivity index (χ0) is 19.9. The van der Waals surface area contributed by atoms with E-state index in [1.807, 2.05) is 30.3 Å². The number of ether oxygens (including phenoxy) is 1. The highest BCUT2D eigenvalue weighted by Crippen LogP contribution is 2.12. The molecule has 2 rings (SSSR count). The summed E-state index contributed by atoms with van der Waals surface area (Å²) in [7, 11) is -2.48. The summed E-state index contributed by atoms with van der Waals surface area (Å²) < 4.78 is 45.7. The van der Waals surface area contributed by atoms with Crippen molar-refractivity contribution in [1.29, 1.82) is 0 Å². The second kappa shape index (κ2) is 9.59. The van der Waals surface area contributed by atoms with Gasteiger partial charge in [-0.1, -0.05) is 30.3 Å². The molecule has 0 fully saturated rings. The Labute approximate surface area is 158 Å². The minimum Gasteiger partial charge on any atom is -0.383 e. The molecule has 0 heterocycles. The maximum absolute atomic E-state index is 13.1. The lowest BCUT2D eigenvalue weighted by Crippen LogP contribution is -2.50. The molecular weight excluding hydrogens is 371 g/mol. The number of hydrogen-bond acceptors (Lipinski definition) is 4. The summed E-state index contributed by atoms with van der Waals surface area (Å²) in [6.07, 6.45) is 0.173. The van der Waals surface area contributed by atoms with Crippen molar-refractivity contribution in [2.75, 3.05) is 13.7 Å². The Morgan fingerprint density at radius 2 is 1.74 bits per heavy atom. The van der Waals surface area contributed by atoms with Crippen LogP contribution in [0.3, 0.4) is 0 Å². The van der Waals surface area contributed by atoms with Gasteiger partial charge in [-0.15, -0.1) is 0 Å². The largest absolute Gasteiger partial charge is 0.383 e. The molecule has 0 radical (unpaired) electrons. The van der Waals surface area contributed by atoms with Crippen molar-refractivity contribution in [1.82, 2.24) is 10.0 Å². The summed E-state index contributed by atoms with van der Waals surface area (Å²) >= 11 is 0. The number of methoxy groups -OCH3 is 1. The fraction of sp³-hybridized carbons (Fsp3) is 0.316. The standard InChI is InChI=1S/C19H23FN2O4S/c1-14(13-26-2)21-19(23)18(12-15-6-4-3-5-7-15)22-27(24,25)17-10-8-16(20)9-11-17/h3-11,14,18,22H,12-13H2,1-2H3,(H,21,23)/t14-,18+/m1/s1. The van der Waals surface area contributed by atoms with Crippen molar-refractivity contribution in [3.8, 4) is 0 Å². The van der Waals surface area contributed by atoms with Crippen LogP contribution in [0, 0.1) is 5.82 Å². The number of rotatable bonds is 9. The van der Waals surface area contributed by atoms with E-state index in [2.05, 4.69) is 10.0 Å². The molecule has 2 aromatic rings. The highest BCUT2D eigenvalue weighted by atomic mass is 32.2. The molecule has 0 unspecified atom stereocenters. The van der Waals surface area contributed by atoms with Gasteiger partial charge >= 0.3 is 0 Å². The molecule has 2 atom stereocenters. The summed E-state index contributed by atoms with van der Waals surface area (Å²) in [6.45, 7) is 2.06. The zero-order valence-electron chi connectivity index (χ0n) is 15.2. The van der Waals surface area contributed by atoms with E-state index in [0.717, 1.165) is 29.8 Å². The number of hydrogen-bond donors (Lipinski definition) is 2. The van der Waals surface area contributed by atoms with Crippen LogP contribution in [0.25, 0.3) is 0 Å². The van der Waals surface area contributed by atoms with Gasteiger partial charge in [-0.25, -0.2) is 12.8 Å². The van der Waals surface area contributed by atoms with Gasteiger partial charge in [0, 0.05) is 13.2 Å². The quantitative estimate of drug-likeness (QED) is 0.680. The van der Waals surface area contributed by atoms with E-state index in [1.165, 1.54) is 7.11 Å². The lowest BCUT2D eigenvalue weighted by molar-refractivity contribution is -0.123. The molecule has 8 heteroatoms. The summed E-state index contributed by atoms with van der Waals surface area (Å²) in [4.78, 5) is 12.5. The van der Waals surface area contributed by atoms with Gasteiger partial charge in [0.1, 0.15) is 11.9 Å². The SMILES string of the molecule is COC[C@@H](C)NC(=O)[C@H](Cc1ccccc1)NS(=O)(=O)c1ccc(F)cc1. The molecule has 0 aliphatic heterocycles. The van der Waals surface area contributed by atoms with Gasteiger partial charge in [-0.2, -0.15) is 4.72 Å². The number of sulfonamides is 1. The molecule has 0 aromatic heterocycles. The van der Waals surface area contributed by atoms with Crippen LogP contribution in [0.15, 0.2) is 59.5 Å². The number of carbonyl (C=O) groups is 1. The van der Waals surface area contributed by atoms with Crippen LogP contribution in [0.1, 0.15) is 12.5 Å². The van der Waals surface area contributed by atoms with Crippen LogP contribution in [0.4, 0.5) is 4.39 Å². The van der Waals surface area contributed by atoms with Gasteiger partial charge in [0.2, 0.25) is 15.9 Å². The first kappa shape index (κ1) is 21.0. The van der Waals surface area contributed by atoms with Crippen molar-refractivity contribution >= 4 is 15.9 Å². The lowest BCUT2D eigenvalue weighted by Gasteiger charge is -2.21. The van der Waals surface area contributed by atoms with Crippen LogP contribution in [-0.2, 0) is 26.0 Å². The highest BCUT2D eigenvalue weighted by Gasteiger charge is 2.27. The third-order valence-corrected chi connectivity index (χ3v) is 5.31. The number of carbonyl (C=O) groups excluding carboxylic acids is 1. The zero-order valence-corrected chi connectivity index (χ0v) is 16.0. The third-order valence-electron chi connectivity index (χ3n) is 3.83. The number of halogens is 1. The molecule has 2 aromatic carbocycles. The molecule has 6 nitrogen and oxygen atoms in total. The van der Waals surface area contributed by atoms with E-state index in [4.69, 9.17) is 4.74 Å². The minimum absolute atomic E-state index is 0.111. The highest BCUT2D eigenvalue weighted by molar-refractivity contribution is 7.89. The van der Waals surface area contributed by atoms with E-state index in [-0.39, 0.29) is 17.4 Å². The van der Waals surface area contributed by atoms with Crippen molar-refractivity contribution in [3.63, 3.8) is 0 Å². The molecule has 27 heavy (non-hydrogen) atoms. The predicted molar refractivity (Wildman–Crippen MR) is 100 cm³/mol. The lowest BCUT2D eigenvalue weighted by atomic mass is 10.1. The molecule has 0 bridgehead atoms. The Kier molecular flexibility index (Phi) is 7.46. The molecular formula is C19H23FN2O4S. The van der Waals surface area contributed by atoms with E-state index < -0.39 is 27.8 Å². The van der Waals surface area contributed by atoms with Crippen molar-refractivity contribution in [3.05, 3.63) is 66.0 Å². The van der Waals surface area contributed by atoms with Gasteiger partial charge in [0.25, 0.3) is 0 Å². The molecule has 146 valence electrons. The number of amides is 1. The topological polar surface area (TPSA) is 84.5 Å². The van der Waals surface area contributed by atoms with Crippen molar-refractivity contribution in [2.24, 2.45) is 0 Å². The van der Waals surface area contributed by atoms with Crippen LogP contribution in [0.2, 0.25) is 0 Å². The molecule has 0 aliphatic carbocycles. The van der Waals surface area contributed by atoms with Gasteiger partial charge in [-0.05, 0) is 43.2 Å². The normalized spacial score (nSPS) is 13.7. The van der Waals surface area contributed by atoms with Gasteiger partial charge in [0.05, 0.1) is 11.5 Å². The maximum Gasteiger partial charge on any atom is 0.241 e. The minimum atomic E-state index is -4.00. The summed E-state index contributed by atoms with van der Waals surface area (Å²) in [5.41, 5.74) is 0.804. The van der Waals surface area contributed by atoms with Crippen molar-refractivity contribution in [2.45, 2.75) is 30.3 Å². The fourth-order valence-electron chi connectivity index (χ4n) is 2.54. The number of nitrogens with one attached hydrogen (secondary N) is 2. The molecule has 0 aliphatic rings. The predicted octanol–water partition coefficient (Wildman–Crippen LogP) is 1.87. The third kappa shape index (κ3) is 6.42. The Hall–Kier alpha value is -2.29. The molecule has 2 N–H and O–H groups in total. The summed E-state index contributed by atoms with van der Waals surface area (Å²) in [5.74, 6) is -1.00. The maximum atomic E-state index is 13.1. The van der Waals surface area contributed by atoms with Gasteiger partial charge in [-0.3, -0.25) is 4.79 Å². The number of benzene rings is 2. The Morgan fingerprint density at radius 1 is 1.11 bits per heavy atom. The fourth-order valence-corrected chi connectivity index (χ4v) is 3.74. The molecule has 0 saturated heterocycles. The second-order valence-corrected chi connectivity index (χ2v) is 7.90. The monoisotopic (exact) mass is 394 g/mol. The van der Waals surface area contributed by atoms with E-state index in [1.54, 1.807) is 6.92 Å². The van der Waals surface area contributed by atoms with Crippen LogP contribution in [0.5, 0.6) is 0 Å². The average Bonchev–Trinajstić information content (AvgIpc) is 2.62. The van der Waals surface area contributed by atoms with E-state index >= 15 is 0 Å². The van der Waals surface area contributed by atoms with E-state index in [0.29, 0.717) is 6.61 Å². The second-order valence-electron chi connectivity index (χ2n) is 6.18. The first-order chi connectivity index (χ1) is 12.8. The first-order valence-corrected chi connectivity index (χ1v) is 9.91. The van der Waals surface area contributed by atoms with E-state index in [9.17, 15) is 17.6 Å². The van der Waals surface area contributed by atoms with Gasteiger partial charge in [0.15, 0.2) is 0 Å².